The van der Waals surface area contributed by atoms with E-state index in [4.69, 9.17) is 10.1 Å². The maximum absolute atomic E-state index is 15.3. The van der Waals surface area contributed by atoms with Crippen molar-refractivity contribution in [3.8, 4) is 11.1 Å². The predicted octanol–water partition coefficient (Wildman–Crippen LogP) is 5.67. The number of carboxylic acids is 1. The highest BCUT2D eigenvalue weighted by atomic mass is 19.1. The van der Waals surface area contributed by atoms with Gasteiger partial charge < -0.3 is 14.9 Å². The number of carbonyl (C=O) groups excluding carboxylic acids is 1. The molecule has 1 fully saturated rings. The van der Waals surface area contributed by atoms with Gasteiger partial charge in [0.2, 0.25) is 0 Å². The summed E-state index contributed by atoms with van der Waals surface area (Å²) in [7, 11) is 0. The number of hydrogen-bond donors (Lipinski definition) is 1. The Morgan fingerprint density at radius 2 is 1.92 bits per heavy atom. The molecule has 0 radical (unpaired) electrons. The Balaban J connectivity index is 1.42. The highest BCUT2D eigenvalue weighted by molar-refractivity contribution is 6.43. The number of carboxylic acid groups (broad SMARTS) is 1. The van der Waals surface area contributed by atoms with Crippen LogP contribution < -0.4 is 0 Å². The summed E-state index contributed by atoms with van der Waals surface area (Å²) in [6.45, 7) is 5.44. The second kappa shape index (κ2) is 10.7. The average molecular weight is 515 g/mol. The Bertz CT molecular complexity index is 1390. The van der Waals surface area contributed by atoms with E-state index in [1.165, 1.54) is 18.3 Å². The van der Waals surface area contributed by atoms with Crippen molar-refractivity contribution in [1.82, 2.24) is 14.8 Å². The van der Waals surface area contributed by atoms with E-state index in [0.717, 1.165) is 44.3 Å². The van der Waals surface area contributed by atoms with Gasteiger partial charge in [0.05, 0.1) is 0 Å². The van der Waals surface area contributed by atoms with Gasteiger partial charge in [0, 0.05) is 42.2 Å². The maximum Gasteiger partial charge on any atom is 0.354 e. The molecule has 5 rings (SSSR count). The molecule has 0 spiro atoms. The number of pyridine rings is 1. The first-order chi connectivity index (χ1) is 18.4. The quantitative estimate of drug-likeness (QED) is 0.556. The van der Waals surface area contributed by atoms with Gasteiger partial charge in [-0.1, -0.05) is 44.0 Å². The topological polar surface area (TPSA) is 86.1 Å². The first-order valence-corrected chi connectivity index (χ1v) is 13.1. The fourth-order valence-electron chi connectivity index (χ4n) is 5.24. The van der Waals surface area contributed by atoms with E-state index in [1.54, 1.807) is 18.2 Å². The van der Waals surface area contributed by atoms with Crippen molar-refractivity contribution in [3.05, 3.63) is 83.3 Å². The smallest absolute Gasteiger partial charge is 0.354 e. The number of benzene rings is 1. The molecule has 3 aliphatic heterocycles. The van der Waals surface area contributed by atoms with Crippen LogP contribution in [0.4, 0.5) is 4.39 Å². The zero-order valence-corrected chi connectivity index (χ0v) is 21.7. The molecule has 38 heavy (non-hydrogen) atoms. The third kappa shape index (κ3) is 5.03. The van der Waals surface area contributed by atoms with Gasteiger partial charge in [-0.05, 0) is 61.6 Å². The van der Waals surface area contributed by atoms with Crippen LogP contribution in [0.1, 0.15) is 62.0 Å². The Hall–Kier alpha value is -4.07. The van der Waals surface area contributed by atoms with Crippen molar-refractivity contribution in [2.24, 2.45) is 4.99 Å². The van der Waals surface area contributed by atoms with Crippen LogP contribution in [-0.4, -0.2) is 56.6 Å². The Morgan fingerprint density at radius 1 is 1.11 bits per heavy atom. The number of aromatic nitrogens is 1. The number of likely N-dealkylation sites (tertiary alicyclic amines) is 1. The van der Waals surface area contributed by atoms with E-state index in [0.29, 0.717) is 40.3 Å². The molecule has 0 saturated carbocycles. The molecule has 0 bridgehead atoms. The lowest BCUT2D eigenvalue weighted by molar-refractivity contribution is -0.125. The molecule has 1 N–H and O–H groups in total. The summed E-state index contributed by atoms with van der Waals surface area (Å²) in [6, 6.07) is 8.13. The third-order valence-electron chi connectivity index (χ3n) is 7.43. The summed E-state index contributed by atoms with van der Waals surface area (Å²) in [4.78, 5) is 37.2. The van der Waals surface area contributed by atoms with Crippen molar-refractivity contribution in [2.75, 3.05) is 13.1 Å². The lowest BCUT2D eigenvalue weighted by atomic mass is 9.97. The first-order valence-electron chi connectivity index (χ1n) is 13.1. The van der Waals surface area contributed by atoms with Crippen molar-refractivity contribution in [1.29, 1.82) is 0 Å². The van der Waals surface area contributed by atoms with Crippen molar-refractivity contribution in [3.63, 3.8) is 0 Å². The summed E-state index contributed by atoms with van der Waals surface area (Å²) in [5, 5.41) is 9.05. The van der Waals surface area contributed by atoms with Crippen molar-refractivity contribution < 1.29 is 19.1 Å². The van der Waals surface area contributed by atoms with E-state index >= 15 is 4.39 Å². The van der Waals surface area contributed by atoms with E-state index in [2.05, 4.69) is 23.7 Å². The minimum absolute atomic E-state index is 0.0416. The standard InChI is InChI=1S/C30H31FN4O3/c1-3-23-17-27(29(36)34-13-6-4-5-7-19(34)2)33-28-16-21(12-14-35(23)28)24-10-8-20(15-25(24)31)22-9-11-26(30(37)38)32-18-22/h8-12,15-19H,3-7,13-14H2,1-2H3,(H,37,38)/t19-/m1/s1. The molecular formula is C30H31FN4O3. The molecule has 1 atom stereocenters. The second-order valence-electron chi connectivity index (χ2n) is 9.89. The summed E-state index contributed by atoms with van der Waals surface area (Å²) in [5.41, 5.74) is 3.76. The van der Waals surface area contributed by atoms with Gasteiger partial charge in [0.15, 0.2) is 0 Å². The van der Waals surface area contributed by atoms with Crippen LogP contribution in [0.2, 0.25) is 0 Å². The predicted molar refractivity (Wildman–Crippen MR) is 145 cm³/mol. The number of allylic oxidation sites excluding steroid dienone is 3. The number of nitrogens with zero attached hydrogens (tertiary/aromatic N) is 4. The minimum Gasteiger partial charge on any atom is -0.477 e. The molecule has 1 aromatic heterocycles. The monoisotopic (exact) mass is 514 g/mol. The molecule has 2 aromatic rings. The number of aliphatic imine (C=N–C) groups is 1. The number of amides is 1. The van der Waals surface area contributed by atoms with Crippen LogP contribution in [0.15, 0.2) is 71.3 Å². The zero-order valence-electron chi connectivity index (χ0n) is 21.7. The van der Waals surface area contributed by atoms with E-state index in [9.17, 15) is 9.59 Å². The average Bonchev–Trinajstić information content (AvgIpc) is 3.15. The number of halogens is 1. The summed E-state index contributed by atoms with van der Waals surface area (Å²) >= 11 is 0. The van der Waals surface area contributed by atoms with Crippen LogP contribution in [0, 0.1) is 5.82 Å². The Labute approximate surface area is 221 Å². The SMILES string of the molecule is CCC1=CC(C(=O)N2CCCCC[C@H]2C)=NC2=CC(c3ccc(-c4ccc(C(=O)O)nc4)cc3F)=CCN12. The zero-order chi connectivity index (χ0) is 26.8. The number of hydrogen-bond acceptors (Lipinski definition) is 5. The van der Waals surface area contributed by atoms with Crippen LogP contribution in [0.5, 0.6) is 0 Å². The second-order valence-corrected chi connectivity index (χ2v) is 9.89. The van der Waals surface area contributed by atoms with Crippen LogP contribution >= 0.6 is 0 Å². The van der Waals surface area contributed by atoms with Crippen LogP contribution in [0.3, 0.4) is 0 Å². The van der Waals surface area contributed by atoms with Crippen molar-refractivity contribution >= 4 is 23.2 Å². The molecule has 3 aliphatic rings. The van der Waals surface area contributed by atoms with Crippen molar-refractivity contribution in [2.45, 2.75) is 52.0 Å². The van der Waals surface area contributed by atoms with Gasteiger partial charge in [0.1, 0.15) is 23.0 Å². The van der Waals surface area contributed by atoms with E-state index in [-0.39, 0.29) is 17.6 Å². The van der Waals surface area contributed by atoms with Gasteiger partial charge >= 0.3 is 5.97 Å². The number of rotatable bonds is 5. The van der Waals surface area contributed by atoms with Crippen LogP contribution in [-0.2, 0) is 4.79 Å². The van der Waals surface area contributed by atoms with Gasteiger partial charge in [-0.25, -0.2) is 19.2 Å². The number of aromatic carboxylic acids is 1. The number of carbonyl (C=O) groups is 2. The molecule has 0 unspecified atom stereocenters. The fraction of sp³-hybridized carbons (Fsp3) is 0.333. The highest BCUT2D eigenvalue weighted by Crippen LogP contribution is 2.33. The van der Waals surface area contributed by atoms with Gasteiger partial charge in [0.25, 0.3) is 5.91 Å². The van der Waals surface area contributed by atoms with E-state index in [1.807, 2.05) is 23.1 Å². The lowest BCUT2D eigenvalue weighted by Crippen LogP contribution is -2.43. The summed E-state index contributed by atoms with van der Waals surface area (Å²) in [5.74, 6) is -0.909. The van der Waals surface area contributed by atoms with Gasteiger partial charge in [-0.3, -0.25) is 4.79 Å². The summed E-state index contributed by atoms with van der Waals surface area (Å²) < 4.78 is 15.3. The molecule has 4 heterocycles. The minimum atomic E-state index is -1.11. The summed E-state index contributed by atoms with van der Waals surface area (Å²) in [6.07, 6.45) is 12.2. The molecule has 0 aliphatic carbocycles. The number of fused-ring (bicyclic) bond motifs is 1. The van der Waals surface area contributed by atoms with E-state index < -0.39 is 11.8 Å². The molecule has 196 valence electrons. The molecular weight excluding hydrogens is 483 g/mol. The van der Waals surface area contributed by atoms with Crippen LogP contribution in [0.25, 0.3) is 16.7 Å². The fourth-order valence-corrected chi connectivity index (χ4v) is 5.24. The molecule has 1 amide bonds. The first kappa shape index (κ1) is 25.6. The molecule has 1 saturated heterocycles. The maximum atomic E-state index is 15.3. The van der Waals surface area contributed by atoms with Gasteiger partial charge in [-0.15, -0.1) is 0 Å². The normalized spacial score (nSPS) is 19.5. The highest BCUT2D eigenvalue weighted by Gasteiger charge is 2.30. The lowest BCUT2D eigenvalue weighted by Gasteiger charge is -2.34. The van der Waals surface area contributed by atoms with Gasteiger partial charge in [-0.2, -0.15) is 0 Å². The third-order valence-corrected chi connectivity index (χ3v) is 7.43. The Kier molecular flexibility index (Phi) is 7.22. The molecule has 7 nitrogen and oxygen atoms in total. The largest absolute Gasteiger partial charge is 0.477 e. The molecule has 1 aromatic carbocycles. The Morgan fingerprint density at radius 3 is 2.63 bits per heavy atom. The molecule has 8 heteroatoms.